The molecule has 0 bridgehead atoms. The van der Waals surface area contributed by atoms with E-state index < -0.39 is 15.9 Å². The van der Waals surface area contributed by atoms with Gasteiger partial charge in [0, 0.05) is 23.7 Å². The molecule has 2 rings (SSSR count). The molecule has 1 aromatic rings. The second-order valence-corrected chi connectivity index (χ2v) is 8.98. The quantitative estimate of drug-likeness (QED) is 0.869. The Balaban J connectivity index is 1.91. The van der Waals surface area contributed by atoms with Gasteiger partial charge in [0.15, 0.2) is 9.84 Å². The highest BCUT2D eigenvalue weighted by Gasteiger charge is 2.34. The Hall–Kier alpha value is -0.140. The van der Waals surface area contributed by atoms with E-state index in [4.69, 9.17) is 11.6 Å². The lowest BCUT2D eigenvalue weighted by Gasteiger charge is -2.21. The van der Waals surface area contributed by atoms with Crippen molar-refractivity contribution in [2.75, 3.05) is 12.8 Å². The Morgan fingerprint density at radius 2 is 2.26 bits per heavy atom. The van der Waals surface area contributed by atoms with Crippen molar-refractivity contribution in [1.29, 1.82) is 0 Å². The average molecular weight is 324 g/mol. The molecule has 0 amide bonds. The minimum absolute atomic E-state index is 0.0555. The number of aliphatic hydroxyl groups excluding tert-OH is 1. The molecule has 0 spiro atoms. The van der Waals surface area contributed by atoms with Crippen LogP contribution in [0.5, 0.6) is 0 Å². The van der Waals surface area contributed by atoms with Crippen LogP contribution in [0.2, 0.25) is 4.34 Å². The van der Waals surface area contributed by atoms with Crippen molar-refractivity contribution < 1.29 is 13.5 Å². The van der Waals surface area contributed by atoms with Gasteiger partial charge in [-0.3, -0.25) is 0 Å². The Morgan fingerprint density at radius 1 is 1.53 bits per heavy atom. The van der Waals surface area contributed by atoms with Gasteiger partial charge in [-0.1, -0.05) is 18.0 Å². The van der Waals surface area contributed by atoms with Crippen molar-refractivity contribution in [3.05, 3.63) is 21.3 Å². The molecule has 7 heteroatoms. The van der Waals surface area contributed by atoms with E-state index in [-0.39, 0.29) is 11.3 Å². The molecular formula is C12H18ClNO3S2. The molecule has 1 aliphatic rings. The molecular weight excluding hydrogens is 306 g/mol. The predicted octanol–water partition coefficient (Wildman–Crippen LogP) is 1.99. The van der Waals surface area contributed by atoms with Crippen molar-refractivity contribution in [2.45, 2.75) is 36.7 Å². The van der Waals surface area contributed by atoms with Crippen LogP contribution in [0, 0.1) is 0 Å². The fourth-order valence-electron chi connectivity index (χ4n) is 2.54. The average Bonchev–Trinajstić information content (AvgIpc) is 2.93. The van der Waals surface area contributed by atoms with Gasteiger partial charge in [-0.15, -0.1) is 11.3 Å². The summed E-state index contributed by atoms with van der Waals surface area (Å²) in [6.07, 6.45) is 3.11. The fourth-order valence-corrected chi connectivity index (χ4v) is 5.01. The Labute approximate surface area is 122 Å². The monoisotopic (exact) mass is 323 g/mol. The number of hydrogen-bond donors (Lipinski definition) is 2. The highest BCUT2D eigenvalue weighted by molar-refractivity contribution is 7.91. The molecule has 0 aliphatic heterocycles. The molecule has 0 aromatic carbocycles. The zero-order chi connectivity index (χ0) is 14.0. The van der Waals surface area contributed by atoms with Crippen LogP contribution in [0.4, 0.5) is 0 Å². The van der Waals surface area contributed by atoms with Gasteiger partial charge in [0.2, 0.25) is 0 Å². The first-order chi connectivity index (χ1) is 8.88. The predicted molar refractivity (Wildman–Crippen MR) is 78.6 cm³/mol. The first kappa shape index (κ1) is 15.3. The Kier molecular flexibility index (Phi) is 4.89. The van der Waals surface area contributed by atoms with Crippen molar-refractivity contribution in [3.8, 4) is 0 Å². The number of nitrogens with one attached hydrogen (secondary N) is 1. The van der Waals surface area contributed by atoms with E-state index in [1.807, 2.05) is 0 Å². The molecule has 1 aromatic heterocycles. The van der Waals surface area contributed by atoms with Gasteiger partial charge in [0.05, 0.1) is 9.59 Å². The summed E-state index contributed by atoms with van der Waals surface area (Å²) >= 11 is 7.16. The van der Waals surface area contributed by atoms with Crippen LogP contribution in [0.1, 0.15) is 30.2 Å². The summed E-state index contributed by atoms with van der Waals surface area (Å²) in [5, 5.41) is 12.9. The van der Waals surface area contributed by atoms with Crippen molar-refractivity contribution in [2.24, 2.45) is 0 Å². The van der Waals surface area contributed by atoms with Crippen molar-refractivity contribution in [1.82, 2.24) is 5.32 Å². The molecule has 1 saturated carbocycles. The smallest absolute Gasteiger partial charge is 0.151 e. The molecule has 0 radical (unpaired) electrons. The third-order valence-electron chi connectivity index (χ3n) is 3.50. The van der Waals surface area contributed by atoms with Gasteiger partial charge >= 0.3 is 0 Å². The number of rotatable bonds is 5. The molecule has 19 heavy (non-hydrogen) atoms. The van der Waals surface area contributed by atoms with Gasteiger partial charge in [-0.25, -0.2) is 8.42 Å². The topological polar surface area (TPSA) is 66.4 Å². The lowest BCUT2D eigenvalue weighted by Crippen LogP contribution is -2.41. The van der Waals surface area contributed by atoms with Crippen LogP contribution in [0.3, 0.4) is 0 Å². The van der Waals surface area contributed by atoms with E-state index in [2.05, 4.69) is 5.32 Å². The molecule has 4 nitrogen and oxygen atoms in total. The Morgan fingerprint density at radius 3 is 2.84 bits per heavy atom. The van der Waals surface area contributed by atoms with Crippen LogP contribution < -0.4 is 5.32 Å². The zero-order valence-corrected chi connectivity index (χ0v) is 13.1. The first-order valence-corrected chi connectivity index (χ1v) is 9.38. The van der Waals surface area contributed by atoms with E-state index in [0.29, 0.717) is 17.3 Å². The highest BCUT2D eigenvalue weighted by atomic mass is 35.5. The number of thiophene rings is 1. The third kappa shape index (κ3) is 3.92. The second-order valence-electron chi connectivity index (χ2n) is 4.97. The van der Waals surface area contributed by atoms with E-state index in [0.717, 1.165) is 17.7 Å². The summed E-state index contributed by atoms with van der Waals surface area (Å²) in [4.78, 5) is 0.798. The SMILES string of the molecule is CS(=O)(=O)C1CCCC1NCC(O)c1ccc(Cl)s1. The molecule has 108 valence electrons. The van der Waals surface area contributed by atoms with Crippen LogP contribution in [0.15, 0.2) is 12.1 Å². The van der Waals surface area contributed by atoms with E-state index in [9.17, 15) is 13.5 Å². The first-order valence-electron chi connectivity index (χ1n) is 6.23. The van der Waals surface area contributed by atoms with Crippen LogP contribution in [0.25, 0.3) is 0 Å². The summed E-state index contributed by atoms with van der Waals surface area (Å²) in [5.74, 6) is 0. The molecule has 1 heterocycles. The van der Waals surface area contributed by atoms with Crippen LogP contribution in [-0.2, 0) is 9.84 Å². The maximum atomic E-state index is 11.6. The molecule has 1 fully saturated rings. The number of halogens is 1. The van der Waals surface area contributed by atoms with Gasteiger partial charge in [-0.05, 0) is 25.0 Å². The molecule has 3 atom stereocenters. The lowest BCUT2D eigenvalue weighted by atomic mass is 10.2. The summed E-state index contributed by atoms with van der Waals surface area (Å²) in [6, 6.07) is 3.49. The van der Waals surface area contributed by atoms with Gasteiger partial charge in [-0.2, -0.15) is 0 Å². The van der Waals surface area contributed by atoms with E-state index in [1.54, 1.807) is 12.1 Å². The van der Waals surface area contributed by atoms with Crippen molar-refractivity contribution in [3.63, 3.8) is 0 Å². The van der Waals surface area contributed by atoms with Gasteiger partial charge in [0.1, 0.15) is 6.10 Å². The summed E-state index contributed by atoms with van der Waals surface area (Å²) in [5.41, 5.74) is 0. The highest BCUT2D eigenvalue weighted by Crippen LogP contribution is 2.28. The van der Waals surface area contributed by atoms with E-state index >= 15 is 0 Å². The van der Waals surface area contributed by atoms with E-state index in [1.165, 1.54) is 17.6 Å². The Bertz CT molecular complexity index is 529. The fraction of sp³-hybridized carbons (Fsp3) is 0.667. The molecule has 2 N–H and O–H groups in total. The maximum absolute atomic E-state index is 11.6. The molecule has 0 saturated heterocycles. The minimum Gasteiger partial charge on any atom is -0.386 e. The van der Waals surface area contributed by atoms with Crippen molar-refractivity contribution >= 4 is 32.8 Å². The van der Waals surface area contributed by atoms with Gasteiger partial charge < -0.3 is 10.4 Å². The molecule has 3 unspecified atom stereocenters. The second kappa shape index (κ2) is 6.10. The minimum atomic E-state index is -3.02. The number of aliphatic hydroxyl groups is 1. The molecule has 1 aliphatic carbocycles. The summed E-state index contributed by atoms with van der Waals surface area (Å²) in [7, 11) is -3.02. The lowest BCUT2D eigenvalue weighted by molar-refractivity contribution is 0.173. The van der Waals surface area contributed by atoms with Crippen LogP contribution >= 0.6 is 22.9 Å². The number of sulfone groups is 1. The number of hydrogen-bond acceptors (Lipinski definition) is 5. The van der Waals surface area contributed by atoms with Crippen LogP contribution in [-0.4, -0.2) is 37.6 Å². The summed E-state index contributed by atoms with van der Waals surface area (Å²) < 4.78 is 23.9. The standard InChI is InChI=1S/C12H18ClNO3S2/c1-19(16,17)11-4-2-3-8(11)14-7-9(15)10-5-6-12(13)18-10/h5-6,8-9,11,14-15H,2-4,7H2,1H3. The largest absolute Gasteiger partial charge is 0.386 e. The third-order valence-corrected chi connectivity index (χ3v) is 6.49. The normalized spacial score (nSPS) is 25.6. The summed E-state index contributed by atoms with van der Waals surface area (Å²) in [6.45, 7) is 0.355. The zero-order valence-electron chi connectivity index (χ0n) is 10.7. The maximum Gasteiger partial charge on any atom is 0.151 e. The van der Waals surface area contributed by atoms with Gasteiger partial charge in [0.25, 0.3) is 0 Å².